The summed E-state index contributed by atoms with van der Waals surface area (Å²) in [5.41, 5.74) is 6.98. The summed E-state index contributed by atoms with van der Waals surface area (Å²) in [4.78, 5) is 7.99. The van der Waals surface area contributed by atoms with E-state index < -0.39 is 27.7 Å². The van der Waals surface area contributed by atoms with Crippen molar-refractivity contribution in [3.8, 4) is 11.1 Å². The number of anilines is 2. The highest BCUT2D eigenvalue weighted by molar-refractivity contribution is 7.92. The molecule has 0 saturated heterocycles. The summed E-state index contributed by atoms with van der Waals surface area (Å²) in [6, 6.07) is 6.78. The lowest BCUT2D eigenvalue weighted by Gasteiger charge is -2.22. The summed E-state index contributed by atoms with van der Waals surface area (Å²) in [6.07, 6.45) is 3.05. The van der Waals surface area contributed by atoms with Gasteiger partial charge in [-0.2, -0.15) is 0 Å². The van der Waals surface area contributed by atoms with Crippen LogP contribution in [0.15, 0.2) is 47.8 Å². The second-order valence-corrected chi connectivity index (χ2v) is 11.3. The molecule has 2 aromatic heterocycles. The molecule has 178 valence electrons. The fourth-order valence-electron chi connectivity index (χ4n) is 3.75. The number of nitrogens with two attached hydrogens (primary N) is 1. The van der Waals surface area contributed by atoms with Crippen LogP contribution in [0.2, 0.25) is 10.0 Å². The number of nitrogen functional groups attached to an aromatic ring is 1. The Balaban J connectivity index is 1.86. The summed E-state index contributed by atoms with van der Waals surface area (Å²) in [5.74, 6) is -0.659. The number of aliphatic hydroxyl groups is 1. The highest BCUT2D eigenvalue weighted by atomic mass is 35.5. The summed E-state index contributed by atoms with van der Waals surface area (Å²) >= 11 is 12.2. The zero-order chi connectivity index (χ0) is 25.7. The molecule has 0 aliphatic rings. The van der Waals surface area contributed by atoms with Crippen LogP contribution in [0, 0.1) is 5.82 Å². The van der Waals surface area contributed by atoms with E-state index in [-0.39, 0.29) is 37.6 Å². The van der Waals surface area contributed by atoms with Crippen molar-refractivity contribution in [2.75, 3.05) is 10.5 Å². The van der Waals surface area contributed by atoms with E-state index in [1.54, 1.807) is 6.20 Å². The Morgan fingerprint density at radius 3 is 2.54 bits per heavy atom. The zero-order valence-corrected chi connectivity index (χ0v) is 21.3. The van der Waals surface area contributed by atoms with E-state index in [2.05, 4.69) is 14.7 Å². The molecule has 0 atom stereocenters. The van der Waals surface area contributed by atoms with Gasteiger partial charge in [-0.3, -0.25) is 4.72 Å². The molecule has 0 bridgehead atoms. The molecular weight excluding hydrogens is 513 g/mol. The molecule has 0 amide bonds. The summed E-state index contributed by atoms with van der Waals surface area (Å²) in [6.45, 7) is -0.521. The van der Waals surface area contributed by atoms with Gasteiger partial charge in [-0.05, 0) is 29.0 Å². The Morgan fingerprint density at radius 1 is 1.17 bits per heavy atom. The Labute approximate surface area is 213 Å². The number of fused-ring (bicyclic) bond motifs is 1. The Kier molecular flexibility index (Phi) is 6.56. The third-order valence-electron chi connectivity index (χ3n) is 5.41. The third-order valence-corrected chi connectivity index (χ3v) is 7.57. The summed E-state index contributed by atoms with van der Waals surface area (Å²) < 4.78 is 46.1. The minimum Gasteiger partial charge on any atom is -0.392 e. The van der Waals surface area contributed by atoms with Gasteiger partial charge in [0.15, 0.2) is 5.82 Å². The number of benzene rings is 2. The van der Waals surface area contributed by atoms with E-state index in [0.29, 0.717) is 16.6 Å². The minimum atomic E-state index is -4.36. The zero-order valence-electron chi connectivity index (χ0n) is 19.0. The first-order chi connectivity index (χ1) is 16.3. The number of halogens is 3. The largest absolute Gasteiger partial charge is 0.392 e. The average molecular weight is 532 g/mol. The topological polar surface area (TPSA) is 123 Å². The smallest absolute Gasteiger partial charge is 0.263 e. The van der Waals surface area contributed by atoms with E-state index in [4.69, 9.17) is 28.9 Å². The monoisotopic (exact) mass is 531 g/mol. The molecule has 2 heterocycles. The van der Waals surface area contributed by atoms with Gasteiger partial charge in [0.25, 0.3) is 10.0 Å². The molecule has 0 aliphatic heterocycles. The SMILES string of the molecule is BC(B)(B)n1cc(-c2cccc(NS(=O)(=O)c3cc(Cl)cc(CO)c3Cl)c2F)c2c(N)ncnc21. The van der Waals surface area contributed by atoms with Crippen molar-refractivity contribution in [2.24, 2.45) is 0 Å². The molecule has 0 saturated carbocycles. The third kappa shape index (κ3) is 4.61. The van der Waals surface area contributed by atoms with E-state index in [1.165, 1.54) is 30.6 Å². The number of hydrogen-bond acceptors (Lipinski definition) is 6. The molecule has 4 aromatic rings. The predicted octanol–water partition coefficient (Wildman–Crippen LogP) is 0.887. The van der Waals surface area contributed by atoms with Crippen LogP contribution >= 0.6 is 23.2 Å². The van der Waals surface area contributed by atoms with Crippen molar-refractivity contribution in [1.29, 1.82) is 0 Å². The van der Waals surface area contributed by atoms with Crippen LogP contribution in [0.5, 0.6) is 0 Å². The fraction of sp³-hybridized carbons (Fsp3) is 0.100. The Bertz CT molecular complexity index is 1580. The maximum atomic E-state index is 15.8. The highest BCUT2D eigenvalue weighted by Gasteiger charge is 2.26. The molecular formula is C20H19B3Cl2FN5O3S. The molecule has 15 heteroatoms. The second kappa shape index (κ2) is 9.05. The van der Waals surface area contributed by atoms with Gasteiger partial charge in [-0.1, -0.05) is 35.3 Å². The van der Waals surface area contributed by atoms with Crippen molar-refractivity contribution in [1.82, 2.24) is 14.5 Å². The molecule has 0 fully saturated rings. The van der Waals surface area contributed by atoms with Gasteiger partial charge in [0.1, 0.15) is 46.2 Å². The maximum Gasteiger partial charge on any atom is 0.263 e. The summed E-state index contributed by atoms with van der Waals surface area (Å²) in [5, 5.41) is 9.35. The lowest BCUT2D eigenvalue weighted by Crippen LogP contribution is -2.34. The molecule has 4 N–H and O–H groups in total. The van der Waals surface area contributed by atoms with Crippen LogP contribution in [0.3, 0.4) is 0 Å². The fourth-order valence-corrected chi connectivity index (χ4v) is 5.73. The first-order valence-electron chi connectivity index (χ1n) is 10.4. The van der Waals surface area contributed by atoms with Gasteiger partial charge in [-0.25, -0.2) is 22.8 Å². The molecule has 4 rings (SSSR count). The number of aliphatic hydroxyl groups excluding tert-OH is 1. The van der Waals surface area contributed by atoms with Crippen LogP contribution in [0.1, 0.15) is 5.56 Å². The predicted molar refractivity (Wildman–Crippen MR) is 144 cm³/mol. The van der Waals surface area contributed by atoms with Gasteiger partial charge >= 0.3 is 0 Å². The number of aromatic nitrogens is 3. The molecule has 8 nitrogen and oxygen atoms in total. The summed E-state index contributed by atoms with van der Waals surface area (Å²) in [7, 11) is 1.53. The van der Waals surface area contributed by atoms with E-state index >= 15 is 4.39 Å². The number of nitrogens with zero attached hydrogens (tertiary/aromatic N) is 3. The highest BCUT2D eigenvalue weighted by Crippen LogP contribution is 2.38. The number of hydrogen-bond donors (Lipinski definition) is 3. The lowest BCUT2D eigenvalue weighted by molar-refractivity contribution is 0.281. The molecule has 35 heavy (non-hydrogen) atoms. The van der Waals surface area contributed by atoms with Crippen LogP contribution in [-0.4, -0.2) is 51.6 Å². The number of sulfonamides is 1. The van der Waals surface area contributed by atoms with E-state index in [1.807, 2.05) is 28.1 Å². The van der Waals surface area contributed by atoms with Crippen molar-refractivity contribution < 1.29 is 17.9 Å². The van der Waals surface area contributed by atoms with Gasteiger partial charge in [-0.15, -0.1) is 0 Å². The van der Waals surface area contributed by atoms with Crippen LogP contribution in [0.25, 0.3) is 22.2 Å². The lowest BCUT2D eigenvalue weighted by atomic mass is 9.49. The molecule has 0 radical (unpaired) electrons. The van der Waals surface area contributed by atoms with Crippen molar-refractivity contribution in [3.63, 3.8) is 0 Å². The minimum absolute atomic E-state index is 0.0542. The van der Waals surface area contributed by atoms with Crippen LogP contribution < -0.4 is 10.5 Å². The Morgan fingerprint density at radius 2 is 1.89 bits per heavy atom. The molecule has 0 unspecified atom stereocenters. The number of rotatable bonds is 6. The first-order valence-corrected chi connectivity index (χ1v) is 12.6. The number of nitrogens with one attached hydrogen (secondary N) is 1. The molecule has 0 spiro atoms. The van der Waals surface area contributed by atoms with Gasteiger partial charge in [0.2, 0.25) is 0 Å². The standard InChI is InChI=1S/C20H19B3Cl2FN5O3S/c21-20(22,23)31-6-12(15-18(27)28-8-29-19(15)31)11-2-1-3-13(17(11)26)30-35(33,34)14-5-10(24)4-9(7-32)16(14)25/h1-6,8,30,32H,7,21-23H2,(H2,27,28,29). The van der Waals surface area contributed by atoms with Crippen LogP contribution in [0.4, 0.5) is 15.9 Å². The average Bonchev–Trinajstić information content (AvgIpc) is 3.17. The van der Waals surface area contributed by atoms with Crippen molar-refractivity contribution >= 4 is 79.3 Å². The van der Waals surface area contributed by atoms with E-state index in [0.717, 1.165) is 6.07 Å². The van der Waals surface area contributed by atoms with Gasteiger partial charge < -0.3 is 15.4 Å². The first kappa shape index (κ1) is 25.4. The molecule has 0 aliphatic carbocycles. The van der Waals surface area contributed by atoms with Crippen molar-refractivity contribution in [3.05, 3.63) is 64.3 Å². The van der Waals surface area contributed by atoms with Gasteiger partial charge in [0, 0.05) is 22.3 Å². The Hall–Kier alpha value is -2.73. The van der Waals surface area contributed by atoms with Crippen LogP contribution in [-0.2, 0) is 21.9 Å². The molecule has 2 aromatic carbocycles. The van der Waals surface area contributed by atoms with Gasteiger partial charge in [0.05, 0.1) is 22.7 Å². The van der Waals surface area contributed by atoms with E-state index in [9.17, 15) is 13.5 Å². The second-order valence-electron chi connectivity index (χ2n) is 8.85. The normalized spacial score (nSPS) is 12.2. The quantitative estimate of drug-likeness (QED) is 0.318. The maximum absolute atomic E-state index is 15.8. The van der Waals surface area contributed by atoms with Crippen molar-refractivity contribution in [2.45, 2.75) is 16.7 Å².